The van der Waals surface area contributed by atoms with E-state index < -0.39 is 5.91 Å². The van der Waals surface area contributed by atoms with Crippen molar-refractivity contribution >= 4 is 27.9 Å². The van der Waals surface area contributed by atoms with Crippen LogP contribution in [0.1, 0.15) is 21.7 Å². The highest BCUT2D eigenvalue weighted by Crippen LogP contribution is 2.26. The summed E-state index contributed by atoms with van der Waals surface area (Å²) in [5, 5.41) is 13.5. The number of aromatic nitrogens is 2. The lowest BCUT2D eigenvalue weighted by Crippen LogP contribution is -2.15. The minimum absolute atomic E-state index is 0.0252. The van der Waals surface area contributed by atoms with Crippen LogP contribution in [0.15, 0.2) is 47.0 Å². The van der Waals surface area contributed by atoms with Gasteiger partial charge in [-0.15, -0.1) is 0 Å². The first-order chi connectivity index (χ1) is 11.5. The maximum absolute atomic E-state index is 12.6. The van der Waals surface area contributed by atoms with Gasteiger partial charge in [0.15, 0.2) is 0 Å². The Kier molecular flexibility index (Phi) is 5.72. The average molecular weight is 386 g/mol. The molecule has 0 fully saturated rings. The van der Waals surface area contributed by atoms with Crippen LogP contribution in [0, 0.1) is 25.2 Å². The molecule has 0 amide bonds. The van der Waals surface area contributed by atoms with E-state index in [1.807, 2.05) is 12.1 Å². The van der Waals surface area contributed by atoms with Gasteiger partial charge in [-0.2, -0.15) is 10.4 Å². The molecule has 6 heteroatoms. The molecule has 0 N–H and O–H groups in total. The van der Waals surface area contributed by atoms with Crippen LogP contribution in [-0.2, 0) is 0 Å². The van der Waals surface area contributed by atoms with Crippen molar-refractivity contribution in [1.82, 2.24) is 9.78 Å². The lowest BCUT2D eigenvalue weighted by Gasteiger charge is -2.08. The van der Waals surface area contributed by atoms with Crippen LogP contribution < -0.4 is 4.74 Å². The van der Waals surface area contributed by atoms with Crippen molar-refractivity contribution in [3.8, 4) is 11.8 Å². The smallest absolute Gasteiger partial charge is 0.289 e. The molecule has 2 rings (SSSR count). The van der Waals surface area contributed by atoms with E-state index >= 15 is 0 Å². The van der Waals surface area contributed by atoms with Crippen molar-refractivity contribution < 1.29 is 9.53 Å². The molecule has 1 heterocycles. The zero-order valence-corrected chi connectivity index (χ0v) is 15.0. The second-order valence-electron chi connectivity index (χ2n) is 5.10. The van der Waals surface area contributed by atoms with Gasteiger partial charge in [0.1, 0.15) is 24.0 Å². The third-order valence-electron chi connectivity index (χ3n) is 3.18. The molecule has 0 atom stereocenters. The zero-order chi connectivity index (χ0) is 17.7. The Labute approximate surface area is 149 Å². The summed E-state index contributed by atoms with van der Waals surface area (Å²) in [4.78, 5) is 12.6. The minimum Gasteiger partial charge on any atom is -0.489 e. The molecule has 0 saturated heterocycles. The van der Waals surface area contributed by atoms with E-state index in [1.165, 1.54) is 10.8 Å². The lowest BCUT2D eigenvalue weighted by molar-refractivity contribution is 0.0944. The number of nitriles is 1. The van der Waals surface area contributed by atoms with Gasteiger partial charge >= 0.3 is 0 Å². The van der Waals surface area contributed by atoms with Gasteiger partial charge < -0.3 is 4.74 Å². The van der Waals surface area contributed by atoms with E-state index in [4.69, 9.17) is 4.74 Å². The largest absolute Gasteiger partial charge is 0.489 e. The first-order valence-corrected chi connectivity index (χ1v) is 7.98. The molecule has 0 unspecified atom stereocenters. The molecule has 5 nitrogen and oxygen atoms in total. The van der Waals surface area contributed by atoms with Crippen LogP contribution in [0.3, 0.4) is 0 Å². The molecular formula is C18H16BrN3O2. The molecule has 0 spiro atoms. The van der Waals surface area contributed by atoms with E-state index in [0.717, 1.165) is 10.2 Å². The Morgan fingerprint density at radius 1 is 1.46 bits per heavy atom. The Hall–Kier alpha value is -2.65. The van der Waals surface area contributed by atoms with Crippen molar-refractivity contribution in [2.75, 3.05) is 6.61 Å². The molecule has 1 aromatic heterocycles. The Morgan fingerprint density at radius 2 is 2.21 bits per heavy atom. The molecule has 0 aliphatic heterocycles. The van der Waals surface area contributed by atoms with Crippen molar-refractivity contribution in [1.29, 1.82) is 5.26 Å². The van der Waals surface area contributed by atoms with E-state index in [0.29, 0.717) is 23.6 Å². The van der Waals surface area contributed by atoms with E-state index in [9.17, 15) is 10.1 Å². The quantitative estimate of drug-likeness (QED) is 0.441. The monoisotopic (exact) mass is 385 g/mol. The Morgan fingerprint density at radius 3 is 2.79 bits per heavy atom. The molecule has 0 aliphatic carbocycles. The number of halogens is 1. The van der Waals surface area contributed by atoms with Crippen molar-refractivity contribution in [2.45, 2.75) is 13.8 Å². The number of benzene rings is 1. The van der Waals surface area contributed by atoms with Gasteiger partial charge in [0.2, 0.25) is 0 Å². The van der Waals surface area contributed by atoms with Crippen LogP contribution in [-0.4, -0.2) is 22.3 Å². The third kappa shape index (κ3) is 4.00. The van der Waals surface area contributed by atoms with E-state index in [-0.39, 0.29) is 5.57 Å². The summed E-state index contributed by atoms with van der Waals surface area (Å²) < 4.78 is 7.62. The minimum atomic E-state index is -0.474. The number of carbonyl (C=O) groups excluding carboxylic acids is 1. The molecule has 2 aromatic rings. The fraction of sp³-hybridized carbons (Fsp3) is 0.167. The highest BCUT2D eigenvalue weighted by molar-refractivity contribution is 9.10. The van der Waals surface area contributed by atoms with Crippen molar-refractivity contribution in [3.63, 3.8) is 0 Å². The second kappa shape index (κ2) is 7.75. The molecule has 0 bridgehead atoms. The van der Waals surface area contributed by atoms with Gasteiger partial charge in [-0.1, -0.05) is 28.6 Å². The number of rotatable bonds is 5. The number of carbonyl (C=O) groups is 1. The zero-order valence-electron chi connectivity index (χ0n) is 13.4. The predicted octanol–water partition coefficient (Wildman–Crippen LogP) is 4.07. The van der Waals surface area contributed by atoms with Crippen molar-refractivity contribution in [2.24, 2.45) is 0 Å². The highest BCUT2D eigenvalue weighted by atomic mass is 79.9. The van der Waals surface area contributed by atoms with Crippen LogP contribution in [0.25, 0.3) is 6.08 Å². The summed E-state index contributed by atoms with van der Waals surface area (Å²) in [5.74, 6) is 0.0877. The molecular weight excluding hydrogens is 370 g/mol. The molecule has 122 valence electrons. The molecule has 24 heavy (non-hydrogen) atoms. The van der Waals surface area contributed by atoms with Gasteiger partial charge in [0.25, 0.3) is 5.91 Å². The summed E-state index contributed by atoms with van der Waals surface area (Å²) >= 11 is 3.38. The number of nitrogens with zero attached hydrogens (tertiary/aromatic N) is 3. The van der Waals surface area contributed by atoms with Gasteiger partial charge in [-0.25, -0.2) is 4.68 Å². The molecule has 0 saturated carbocycles. The summed E-state index contributed by atoms with van der Waals surface area (Å²) in [7, 11) is 0. The van der Waals surface area contributed by atoms with Gasteiger partial charge in [0.05, 0.1) is 5.69 Å². The van der Waals surface area contributed by atoms with Gasteiger partial charge in [-0.3, -0.25) is 4.79 Å². The van der Waals surface area contributed by atoms with Crippen LogP contribution >= 0.6 is 15.9 Å². The SMILES string of the molecule is C=CCOc1ccc(Br)cc1/C=C(\C#N)C(=O)n1nc(C)cc1C. The summed E-state index contributed by atoms with van der Waals surface area (Å²) in [6, 6.07) is 9.10. The summed E-state index contributed by atoms with van der Waals surface area (Å²) in [6.07, 6.45) is 3.13. The van der Waals surface area contributed by atoms with Gasteiger partial charge in [-0.05, 0) is 44.2 Å². The predicted molar refractivity (Wildman–Crippen MR) is 95.8 cm³/mol. The normalized spacial score (nSPS) is 11.0. The molecule has 1 aromatic carbocycles. The Bertz CT molecular complexity index is 860. The van der Waals surface area contributed by atoms with Crippen LogP contribution in [0.5, 0.6) is 5.75 Å². The molecule has 0 aliphatic rings. The first kappa shape index (κ1) is 17.7. The Balaban J connectivity index is 2.45. The number of allylic oxidation sites excluding steroid dienone is 1. The maximum atomic E-state index is 12.6. The average Bonchev–Trinajstić information content (AvgIpc) is 2.89. The highest BCUT2D eigenvalue weighted by Gasteiger charge is 2.16. The summed E-state index contributed by atoms with van der Waals surface area (Å²) in [5.41, 5.74) is 1.99. The number of hydrogen-bond donors (Lipinski definition) is 0. The number of aryl methyl sites for hydroxylation is 2. The summed E-state index contributed by atoms with van der Waals surface area (Å²) in [6.45, 7) is 7.50. The fourth-order valence-electron chi connectivity index (χ4n) is 2.16. The van der Waals surface area contributed by atoms with E-state index in [2.05, 4.69) is 27.6 Å². The fourth-order valence-corrected chi connectivity index (χ4v) is 2.54. The van der Waals surface area contributed by atoms with E-state index in [1.54, 1.807) is 38.1 Å². The second-order valence-corrected chi connectivity index (χ2v) is 6.01. The first-order valence-electron chi connectivity index (χ1n) is 7.19. The van der Waals surface area contributed by atoms with Crippen LogP contribution in [0.2, 0.25) is 0 Å². The third-order valence-corrected chi connectivity index (χ3v) is 3.67. The topological polar surface area (TPSA) is 67.9 Å². The van der Waals surface area contributed by atoms with Gasteiger partial charge in [0, 0.05) is 15.7 Å². The van der Waals surface area contributed by atoms with Crippen LogP contribution in [0.4, 0.5) is 0 Å². The lowest BCUT2D eigenvalue weighted by atomic mass is 10.1. The standard InChI is InChI=1S/C18H16BrN3O2/c1-4-7-24-17-6-5-16(19)10-14(17)9-15(11-20)18(23)22-13(3)8-12(2)21-22/h4-6,8-10H,1,7H2,2-3H3/b15-9+. The number of ether oxygens (including phenoxy) is 1. The number of hydrogen-bond acceptors (Lipinski definition) is 4. The van der Waals surface area contributed by atoms with Crippen molar-refractivity contribution in [3.05, 3.63) is 63.9 Å². The molecule has 0 radical (unpaired) electrons. The maximum Gasteiger partial charge on any atom is 0.289 e.